The molecule has 1 aliphatic heterocycles. The highest BCUT2D eigenvalue weighted by Crippen LogP contribution is 2.35. The van der Waals surface area contributed by atoms with Crippen LogP contribution in [0, 0.1) is 20.8 Å². The molecule has 0 atom stereocenters. The van der Waals surface area contributed by atoms with Gasteiger partial charge in [-0.25, -0.2) is 0 Å². The highest BCUT2D eigenvalue weighted by molar-refractivity contribution is 6.01. The Kier molecular flexibility index (Phi) is 4.54. The summed E-state index contributed by atoms with van der Waals surface area (Å²) in [7, 11) is 1.96. The molecule has 2 aromatic carbocycles. The van der Waals surface area contributed by atoms with Crippen LogP contribution in [-0.2, 0) is 12.6 Å². The van der Waals surface area contributed by atoms with Crippen molar-refractivity contribution in [2.45, 2.75) is 39.2 Å². The summed E-state index contributed by atoms with van der Waals surface area (Å²) >= 11 is 0. The van der Waals surface area contributed by atoms with Gasteiger partial charge < -0.3 is 14.6 Å². The number of fused-ring (bicyclic) bond motifs is 1. The smallest absolute Gasteiger partial charge is 0.270 e. The number of carbonyl (C=O) groups excluding carboxylic acids is 1. The van der Waals surface area contributed by atoms with Gasteiger partial charge in [0.05, 0.1) is 5.60 Å². The summed E-state index contributed by atoms with van der Waals surface area (Å²) < 4.78 is 2.01. The first kappa shape index (κ1) is 18.8. The summed E-state index contributed by atoms with van der Waals surface area (Å²) in [4.78, 5) is 15.2. The van der Waals surface area contributed by atoms with Crippen LogP contribution in [0.25, 0.3) is 10.9 Å². The van der Waals surface area contributed by atoms with Gasteiger partial charge in [0.15, 0.2) is 0 Å². The molecular weight excluding hydrogens is 348 g/mol. The lowest BCUT2D eigenvalue weighted by Crippen LogP contribution is -2.46. The van der Waals surface area contributed by atoms with Crippen LogP contribution in [0.1, 0.15) is 45.6 Å². The minimum Gasteiger partial charge on any atom is -0.385 e. The van der Waals surface area contributed by atoms with Gasteiger partial charge in [-0.05, 0) is 62.4 Å². The molecule has 1 amide bonds. The van der Waals surface area contributed by atoms with Gasteiger partial charge in [0, 0.05) is 31.0 Å². The molecule has 4 nitrogen and oxygen atoms in total. The summed E-state index contributed by atoms with van der Waals surface area (Å²) in [6, 6.07) is 14.3. The fourth-order valence-corrected chi connectivity index (χ4v) is 4.64. The molecule has 1 saturated heterocycles. The predicted octanol–water partition coefficient (Wildman–Crippen LogP) is 4.23. The number of aromatic nitrogens is 1. The molecule has 4 rings (SSSR count). The molecule has 28 heavy (non-hydrogen) atoms. The van der Waals surface area contributed by atoms with Crippen molar-refractivity contribution >= 4 is 16.8 Å². The second kappa shape index (κ2) is 6.78. The third-order valence-corrected chi connectivity index (χ3v) is 6.33. The summed E-state index contributed by atoms with van der Waals surface area (Å²) in [5, 5.41) is 12.3. The molecule has 146 valence electrons. The molecule has 4 heteroatoms. The number of amides is 1. The van der Waals surface area contributed by atoms with Gasteiger partial charge in [0.2, 0.25) is 0 Å². The number of hydrogen-bond donors (Lipinski definition) is 1. The van der Waals surface area contributed by atoms with Crippen molar-refractivity contribution in [3.8, 4) is 0 Å². The maximum absolute atomic E-state index is 13.3. The molecule has 1 aliphatic rings. The van der Waals surface area contributed by atoms with E-state index in [-0.39, 0.29) is 5.91 Å². The van der Waals surface area contributed by atoms with Gasteiger partial charge in [0.25, 0.3) is 5.91 Å². The van der Waals surface area contributed by atoms with Crippen molar-refractivity contribution in [3.63, 3.8) is 0 Å². The molecule has 1 aromatic heterocycles. The average molecular weight is 377 g/mol. The highest BCUT2D eigenvalue weighted by atomic mass is 16.3. The quantitative estimate of drug-likeness (QED) is 0.728. The van der Waals surface area contributed by atoms with Gasteiger partial charge in [-0.3, -0.25) is 4.79 Å². The second-order valence-corrected chi connectivity index (χ2v) is 8.19. The van der Waals surface area contributed by atoms with E-state index >= 15 is 0 Å². The molecule has 0 saturated carbocycles. The normalized spacial score (nSPS) is 16.5. The van der Waals surface area contributed by atoms with E-state index in [9.17, 15) is 9.90 Å². The molecule has 0 radical (unpaired) electrons. The topological polar surface area (TPSA) is 45.5 Å². The Labute approximate surface area is 166 Å². The monoisotopic (exact) mass is 376 g/mol. The lowest BCUT2D eigenvalue weighted by Gasteiger charge is -2.39. The van der Waals surface area contributed by atoms with Gasteiger partial charge in [0.1, 0.15) is 5.69 Å². The number of aryl methyl sites for hydroxylation is 4. The third kappa shape index (κ3) is 2.92. The molecule has 1 fully saturated rings. The number of likely N-dealkylation sites (tertiary alicyclic amines) is 1. The standard InChI is InChI=1S/C24H28N2O2/c1-16-9-10-21-19(15-16)18(3)22(25(21)4)23(27)26-13-11-24(28,12-14-26)20-8-6-5-7-17(20)2/h5-10,15,28H,11-14H2,1-4H3. The zero-order valence-corrected chi connectivity index (χ0v) is 17.1. The van der Waals surface area contributed by atoms with Crippen LogP contribution in [0.2, 0.25) is 0 Å². The zero-order chi connectivity index (χ0) is 20.1. The molecule has 2 heterocycles. The van der Waals surface area contributed by atoms with Gasteiger partial charge in [-0.2, -0.15) is 0 Å². The Hall–Kier alpha value is -2.59. The average Bonchev–Trinajstić information content (AvgIpc) is 2.92. The molecule has 0 bridgehead atoms. The Balaban J connectivity index is 1.60. The maximum atomic E-state index is 13.3. The van der Waals surface area contributed by atoms with Crippen molar-refractivity contribution in [2.75, 3.05) is 13.1 Å². The first-order valence-corrected chi connectivity index (χ1v) is 9.95. The van der Waals surface area contributed by atoms with Crippen LogP contribution in [0.4, 0.5) is 0 Å². The summed E-state index contributed by atoms with van der Waals surface area (Å²) in [6.45, 7) is 7.26. The number of benzene rings is 2. The minimum absolute atomic E-state index is 0.0562. The Morgan fingerprint density at radius 1 is 1.04 bits per heavy atom. The van der Waals surface area contributed by atoms with Crippen molar-refractivity contribution in [1.82, 2.24) is 9.47 Å². The lowest BCUT2D eigenvalue weighted by atomic mass is 9.82. The Bertz CT molecular complexity index is 1060. The number of nitrogens with zero attached hydrogens (tertiary/aromatic N) is 2. The first-order valence-electron chi connectivity index (χ1n) is 9.95. The summed E-state index contributed by atoms with van der Waals surface area (Å²) in [6.07, 6.45) is 1.12. The van der Waals surface area contributed by atoms with Crippen LogP contribution in [0.15, 0.2) is 42.5 Å². The Morgan fingerprint density at radius 2 is 1.71 bits per heavy atom. The first-order chi connectivity index (χ1) is 13.3. The van der Waals surface area contributed by atoms with Gasteiger partial charge in [-0.15, -0.1) is 0 Å². The molecule has 3 aromatic rings. The van der Waals surface area contributed by atoms with Crippen molar-refractivity contribution < 1.29 is 9.90 Å². The lowest BCUT2D eigenvalue weighted by molar-refractivity contribution is -0.0217. The fraction of sp³-hybridized carbons (Fsp3) is 0.375. The summed E-state index contributed by atoms with van der Waals surface area (Å²) in [5.41, 5.74) is 5.30. The van der Waals surface area contributed by atoms with Crippen LogP contribution in [-0.4, -0.2) is 33.6 Å². The number of hydrogen-bond acceptors (Lipinski definition) is 2. The molecule has 1 N–H and O–H groups in total. The van der Waals surface area contributed by atoms with E-state index in [0.29, 0.717) is 25.9 Å². The maximum Gasteiger partial charge on any atom is 0.270 e. The van der Waals surface area contributed by atoms with E-state index in [2.05, 4.69) is 25.1 Å². The van der Waals surface area contributed by atoms with Gasteiger partial charge >= 0.3 is 0 Å². The largest absolute Gasteiger partial charge is 0.385 e. The molecule has 0 spiro atoms. The van der Waals surface area contributed by atoms with E-state index in [0.717, 1.165) is 33.3 Å². The van der Waals surface area contributed by atoms with Gasteiger partial charge in [-0.1, -0.05) is 35.9 Å². The summed E-state index contributed by atoms with van der Waals surface area (Å²) in [5.74, 6) is 0.0562. The SMILES string of the molecule is Cc1ccc2c(c1)c(C)c(C(=O)N1CCC(O)(c3ccccc3C)CC1)n2C. The Morgan fingerprint density at radius 3 is 2.39 bits per heavy atom. The van der Waals surface area contributed by atoms with E-state index in [1.54, 1.807) is 0 Å². The van der Waals surface area contributed by atoms with Crippen LogP contribution < -0.4 is 0 Å². The van der Waals surface area contributed by atoms with E-state index < -0.39 is 5.60 Å². The number of aliphatic hydroxyl groups is 1. The number of rotatable bonds is 2. The van der Waals surface area contributed by atoms with Crippen molar-refractivity contribution in [2.24, 2.45) is 7.05 Å². The highest BCUT2D eigenvalue weighted by Gasteiger charge is 2.37. The molecule has 0 unspecified atom stereocenters. The van der Waals surface area contributed by atoms with E-state index in [1.807, 2.05) is 54.6 Å². The van der Waals surface area contributed by atoms with Crippen LogP contribution in [0.5, 0.6) is 0 Å². The van der Waals surface area contributed by atoms with Crippen molar-refractivity contribution in [3.05, 3.63) is 70.4 Å². The predicted molar refractivity (Wildman–Crippen MR) is 113 cm³/mol. The molecule has 0 aliphatic carbocycles. The second-order valence-electron chi connectivity index (χ2n) is 8.19. The number of carbonyl (C=O) groups is 1. The van der Waals surface area contributed by atoms with E-state index in [4.69, 9.17) is 0 Å². The molecular formula is C24H28N2O2. The fourth-order valence-electron chi connectivity index (χ4n) is 4.64. The van der Waals surface area contributed by atoms with E-state index in [1.165, 1.54) is 5.56 Å². The zero-order valence-electron chi connectivity index (χ0n) is 17.1. The number of piperidine rings is 1. The van der Waals surface area contributed by atoms with Crippen LogP contribution >= 0.6 is 0 Å². The van der Waals surface area contributed by atoms with Crippen LogP contribution in [0.3, 0.4) is 0 Å². The van der Waals surface area contributed by atoms with Crippen molar-refractivity contribution in [1.29, 1.82) is 0 Å². The minimum atomic E-state index is -0.854. The third-order valence-electron chi connectivity index (χ3n) is 6.33.